The Labute approximate surface area is 106 Å². The van der Waals surface area contributed by atoms with E-state index in [0.717, 1.165) is 11.1 Å². The van der Waals surface area contributed by atoms with Crippen molar-refractivity contribution < 1.29 is 5.11 Å². The number of benzene rings is 1. The summed E-state index contributed by atoms with van der Waals surface area (Å²) < 4.78 is 0. The molecular weight excluding hydrogens is 228 g/mol. The van der Waals surface area contributed by atoms with Crippen molar-refractivity contribution in [3.05, 3.63) is 35.4 Å². The Balaban J connectivity index is 2.77. The average Bonchev–Trinajstić information content (AvgIpc) is 2.26. The molecule has 0 bridgehead atoms. The van der Waals surface area contributed by atoms with Crippen molar-refractivity contribution in [2.24, 2.45) is 21.7 Å². The summed E-state index contributed by atoms with van der Waals surface area (Å²) in [5, 5.41) is 16.7. The molecular formula is C13H16N4O. The number of hydrogen-bond acceptors (Lipinski definition) is 3. The molecule has 0 aliphatic heterocycles. The van der Waals surface area contributed by atoms with Gasteiger partial charge >= 0.3 is 0 Å². The lowest BCUT2D eigenvalue weighted by molar-refractivity contribution is 0.143. The van der Waals surface area contributed by atoms with Crippen molar-refractivity contribution in [3.8, 4) is 11.8 Å². The van der Waals surface area contributed by atoms with E-state index in [9.17, 15) is 5.11 Å². The molecule has 0 aromatic heterocycles. The van der Waals surface area contributed by atoms with Crippen LogP contribution in [0.25, 0.3) is 0 Å². The predicted molar refractivity (Wildman–Crippen MR) is 73.0 cm³/mol. The second-order valence-electron chi connectivity index (χ2n) is 4.20. The van der Waals surface area contributed by atoms with Crippen LogP contribution in [0, 0.1) is 11.8 Å². The molecule has 1 rings (SSSR count). The van der Waals surface area contributed by atoms with E-state index in [1.54, 1.807) is 13.8 Å². The molecule has 0 radical (unpaired) electrons. The summed E-state index contributed by atoms with van der Waals surface area (Å²) in [6.07, 6.45) is 1.53. The van der Waals surface area contributed by atoms with E-state index in [1.807, 2.05) is 24.3 Å². The first kappa shape index (κ1) is 13.7. The highest BCUT2D eigenvalue weighted by molar-refractivity contribution is 5.81. The first-order chi connectivity index (χ1) is 8.37. The third kappa shape index (κ3) is 5.68. The molecule has 5 nitrogen and oxygen atoms in total. The van der Waals surface area contributed by atoms with E-state index in [4.69, 9.17) is 11.5 Å². The first-order valence-electron chi connectivity index (χ1n) is 5.34. The molecule has 0 saturated heterocycles. The minimum Gasteiger partial charge on any atom is -0.378 e. The van der Waals surface area contributed by atoms with Gasteiger partial charge in [0.2, 0.25) is 5.96 Å². The predicted octanol–water partition coefficient (Wildman–Crippen LogP) is 0.416. The normalized spacial score (nSPS) is 10.8. The zero-order valence-electron chi connectivity index (χ0n) is 10.4. The van der Waals surface area contributed by atoms with Gasteiger partial charge in [-0.3, -0.25) is 0 Å². The summed E-state index contributed by atoms with van der Waals surface area (Å²) in [6.45, 7) is 3.27. The van der Waals surface area contributed by atoms with Gasteiger partial charge < -0.3 is 16.6 Å². The van der Waals surface area contributed by atoms with E-state index < -0.39 is 5.60 Å². The molecule has 5 N–H and O–H groups in total. The van der Waals surface area contributed by atoms with Gasteiger partial charge in [0.05, 0.1) is 6.21 Å². The fourth-order valence-corrected chi connectivity index (χ4v) is 1.04. The SMILES string of the molecule is CC(C)(O)C#Cc1ccc(C=NN=C(N)N)cc1. The molecule has 0 saturated carbocycles. The average molecular weight is 244 g/mol. The monoisotopic (exact) mass is 244 g/mol. The van der Waals surface area contributed by atoms with Crippen molar-refractivity contribution >= 4 is 12.2 Å². The van der Waals surface area contributed by atoms with Crippen LogP contribution >= 0.6 is 0 Å². The Morgan fingerprint density at radius 1 is 1.28 bits per heavy atom. The lowest BCUT2D eigenvalue weighted by Gasteiger charge is -2.05. The number of aliphatic hydroxyl groups is 1. The lowest BCUT2D eigenvalue weighted by Crippen LogP contribution is -2.21. The van der Waals surface area contributed by atoms with Gasteiger partial charge in [-0.1, -0.05) is 24.0 Å². The number of guanidine groups is 1. The highest BCUT2D eigenvalue weighted by Crippen LogP contribution is 2.03. The third-order valence-corrected chi connectivity index (χ3v) is 1.80. The second kappa shape index (κ2) is 5.84. The van der Waals surface area contributed by atoms with Gasteiger partial charge in [-0.2, -0.15) is 5.10 Å². The van der Waals surface area contributed by atoms with Crippen LogP contribution in [-0.2, 0) is 0 Å². The molecule has 0 aliphatic rings. The summed E-state index contributed by atoms with van der Waals surface area (Å²) in [7, 11) is 0. The summed E-state index contributed by atoms with van der Waals surface area (Å²) in [5.41, 5.74) is 10.9. The molecule has 1 aromatic rings. The van der Waals surface area contributed by atoms with Crippen LogP contribution in [0.5, 0.6) is 0 Å². The summed E-state index contributed by atoms with van der Waals surface area (Å²) >= 11 is 0. The Morgan fingerprint density at radius 3 is 2.39 bits per heavy atom. The molecule has 0 heterocycles. The van der Waals surface area contributed by atoms with Crippen LogP contribution in [0.4, 0.5) is 0 Å². The first-order valence-corrected chi connectivity index (χ1v) is 5.34. The topological polar surface area (TPSA) is 97.0 Å². The largest absolute Gasteiger partial charge is 0.378 e. The summed E-state index contributed by atoms with van der Waals surface area (Å²) in [5.74, 6) is 5.52. The Bertz CT molecular complexity index is 509. The van der Waals surface area contributed by atoms with Gasteiger partial charge in [0, 0.05) is 5.56 Å². The van der Waals surface area contributed by atoms with Gasteiger partial charge in [-0.05, 0) is 31.5 Å². The maximum Gasteiger partial charge on any atom is 0.211 e. The van der Waals surface area contributed by atoms with E-state index in [2.05, 4.69) is 22.0 Å². The molecule has 0 unspecified atom stereocenters. The van der Waals surface area contributed by atoms with E-state index in [-0.39, 0.29) is 5.96 Å². The zero-order valence-corrected chi connectivity index (χ0v) is 10.4. The molecule has 5 heteroatoms. The van der Waals surface area contributed by atoms with Gasteiger partial charge in [0.15, 0.2) is 0 Å². The van der Waals surface area contributed by atoms with E-state index in [0.29, 0.717) is 0 Å². The van der Waals surface area contributed by atoms with Crippen molar-refractivity contribution in [1.82, 2.24) is 0 Å². The van der Waals surface area contributed by atoms with Gasteiger partial charge in [0.25, 0.3) is 0 Å². The van der Waals surface area contributed by atoms with Crippen LogP contribution in [0.2, 0.25) is 0 Å². The van der Waals surface area contributed by atoms with E-state index in [1.165, 1.54) is 6.21 Å². The molecule has 1 aromatic carbocycles. The highest BCUT2D eigenvalue weighted by atomic mass is 16.3. The highest BCUT2D eigenvalue weighted by Gasteiger charge is 2.05. The standard InChI is InChI=1S/C13H16N4O/c1-13(2,18)8-7-10-3-5-11(6-4-10)9-16-17-12(14)15/h3-6,9,18H,1-2H3,(H4,14,15,17). The second-order valence-corrected chi connectivity index (χ2v) is 4.20. The Morgan fingerprint density at radius 2 is 1.89 bits per heavy atom. The van der Waals surface area contributed by atoms with Gasteiger partial charge in [0.1, 0.15) is 5.60 Å². The van der Waals surface area contributed by atoms with Gasteiger partial charge in [-0.15, -0.1) is 5.10 Å². The quantitative estimate of drug-likeness (QED) is 0.304. The van der Waals surface area contributed by atoms with Gasteiger partial charge in [-0.25, -0.2) is 0 Å². The smallest absolute Gasteiger partial charge is 0.211 e. The minimum atomic E-state index is -0.993. The van der Waals surface area contributed by atoms with Crippen LogP contribution < -0.4 is 11.5 Å². The number of hydrogen-bond donors (Lipinski definition) is 3. The fourth-order valence-electron chi connectivity index (χ4n) is 1.04. The lowest BCUT2D eigenvalue weighted by atomic mass is 10.1. The fraction of sp³-hybridized carbons (Fsp3) is 0.231. The van der Waals surface area contributed by atoms with Crippen LogP contribution in [0.15, 0.2) is 34.5 Å². The zero-order chi connectivity index (χ0) is 13.6. The maximum atomic E-state index is 9.47. The number of nitrogens with zero attached hydrogens (tertiary/aromatic N) is 2. The molecule has 0 amide bonds. The van der Waals surface area contributed by atoms with E-state index >= 15 is 0 Å². The molecule has 0 fully saturated rings. The number of rotatable bonds is 2. The summed E-state index contributed by atoms with van der Waals surface area (Å²) in [6, 6.07) is 7.32. The molecule has 94 valence electrons. The van der Waals surface area contributed by atoms with Crippen molar-refractivity contribution in [2.75, 3.05) is 0 Å². The maximum absolute atomic E-state index is 9.47. The molecule has 0 spiro atoms. The number of nitrogens with two attached hydrogens (primary N) is 2. The van der Waals surface area contributed by atoms with Crippen LogP contribution in [0.3, 0.4) is 0 Å². The van der Waals surface area contributed by atoms with Crippen molar-refractivity contribution in [3.63, 3.8) is 0 Å². The van der Waals surface area contributed by atoms with Crippen molar-refractivity contribution in [1.29, 1.82) is 0 Å². The third-order valence-electron chi connectivity index (χ3n) is 1.80. The minimum absolute atomic E-state index is 0.0843. The Hall–Kier alpha value is -2.32. The Kier molecular flexibility index (Phi) is 4.46. The molecule has 18 heavy (non-hydrogen) atoms. The molecule has 0 aliphatic carbocycles. The van der Waals surface area contributed by atoms with Crippen molar-refractivity contribution in [2.45, 2.75) is 19.4 Å². The summed E-state index contributed by atoms with van der Waals surface area (Å²) in [4.78, 5) is 0. The molecule has 0 atom stereocenters. The van der Waals surface area contributed by atoms with Crippen LogP contribution in [0.1, 0.15) is 25.0 Å². The van der Waals surface area contributed by atoms with Crippen LogP contribution in [-0.4, -0.2) is 22.9 Å².